The topological polar surface area (TPSA) is 45.2 Å². The molecule has 0 aromatic carbocycles. The Morgan fingerprint density at radius 2 is 2.00 bits per heavy atom. The fourth-order valence-corrected chi connectivity index (χ4v) is 2.02. The molecule has 1 aliphatic heterocycles. The zero-order valence-electron chi connectivity index (χ0n) is 9.52. The number of nitrogens with one attached hydrogen (secondary N) is 1. The van der Waals surface area contributed by atoms with E-state index < -0.39 is 0 Å². The Hall–Kier alpha value is -1.58. The molecule has 16 heavy (non-hydrogen) atoms. The normalized spacial score (nSPS) is 17.2. The first-order chi connectivity index (χ1) is 7.75. The molecular formula is C12H17N3O. The maximum atomic E-state index is 11.2. The molecule has 1 aromatic rings. The van der Waals surface area contributed by atoms with Crippen molar-refractivity contribution in [3.8, 4) is 0 Å². The van der Waals surface area contributed by atoms with E-state index in [4.69, 9.17) is 0 Å². The molecule has 4 heteroatoms. The highest BCUT2D eigenvalue weighted by Crippen LogP contribution is 2.15. The first kappa shape index (κ1) is 10.9. The van der Waals surface area contributed by atoms with E-state index in [1.54, 1.807) is 19.3 Å². The van der Waals surface area contributed by atoms with Crippen LogP contribution in [0.15, 0.2) is 24.5 Å². The SMILES string of the molecule is CC(=O)N1CCC(Nc2ccncc2)CC1. The number of rotatable bonds is 2. The Labute approximate surface area is 95.7 Å². The largest absolute Gasteiger partial charge is 0.382 e. The average Bonchev–Trinajstić information content (AvgIpc) is 2.31. The van der Waals surface area contributed by atoms with Crippen LogP contribution < -0.4 is 5.32 Å². The predicted octanol–water partition coefficient (Wildman–Crippen LogP) is 1.50. The standard InChI is InChI=1S/C12H17N3O/c1-10(16)15-8-4-12(5-9-15)14-11-2-6-13-7-3-11/h2-3,6-7,12H,4-5,8-9H2,1H3,(H,13,14). The quantitative estimate of drug-likeness (QED) is 0.820. The lowest BCUT2D eigenvalue weighted by molar-refractivity contribution is -0.129. The number of piperidine rings is 1. The lowest BCUT2D eigenvalue weighted by Gasteiger charge is -2.32. The third kappa shape index (κ3) is 2.72. The van der Waals surface area contributed by atoms with E-state index in [9.17, 15) is 4.79 Å². The van der Waals surface area contributed by atoms with Crippen molar-refractivity contribution in [3.05, 3.63) is 24.5 Å². The van der Waals surface area contributed by atoms with Gasteiger partial charge in [-0.1, -0.05) is 0 Å². The second-order valence-corrected chi connectivity index (χ2v) is 4.16. The lowest BCUT2D eigenvalue weighted by atomic mass is 10.0. The van der Waals surface area contributed by atoms with E-state index in [0.717, 1.165) is 31.6 Å². The summed E-state index contributed by atoms with van der Waals surface area (Å²) in [7, 11) is 0. The number of carbonyl (C=O) groups excluding carboxylic acids is 1. The number of hydrogen-bond donors (Lipinski definition) is 1. The third-order valence-corrected chi connectivity index (χ3v) is 2.99. The Morgan fingerprint density at radius 3 is 2.56 bits per heavy atom. The molecule has 86 valence electrons. The van der Waals surface area contributed by atoms with E-state index >= 15 is 0 Å². The second kappa shape index (κ2) is 4.96. The molecule has 2 rings (SSSR count). The Kier molecular flexibility index (Phi) is 3.39. The van der Waals surface area contributed by atoms with Gasteiger partial charge in [0.2, 0.25) is 5.91 Å². The predicted molar refractivity (Wildman–Crippen MR) is 63.1 cm³/mol. The molecular weight excluding hydrogens is 202 g/mol. The third-order valence-electron chi connectivity index (χ3n) is 2.99. The van der Waals surface area contributed by atoms with Crippen molar-refractivity contribution >= 4 is 11.6 Å². The summed E-state index contributed by atoms with van der Waals surface area (Å²) in [6, 6.07) is 4.41. The van der Waals surface area contributed by atoms with Crippen molar-refractivity contribution in [2.24, 2.45) is 0 Å². The Bertz CT molecular complexity index is 345. The van der Waals surface area contributed by atoms with Crippen LogP contribution in [0.5, 0.6) is 0 Å². The van der Waals surface area contributed by atoms with Crippen LogP contribution in [-0.2, 0) is 4.79 Å². The number of amides is 1. The van der Waals surface area contributed by atoms with Crippen molar-refractivity contribution in [1.82, 2.24) is 9.88 Å². The molecule has 1 aliphatic rings. The van der Waals surface area contributed by atoms with Gasteiger partial charge in [-0.15, -0.1) is 0 Å². The molecule has 0 unspecified atom stereocenters. The molecule has 1 aromatic heterocycles. The molecule has 0 saturated carbocycles. The molecule has 1 N–H and O–H groups in total. The molecule has 0 aliphatic carbocycles. The highest BCUT2D eigenvalue weighted by atomic mass is 16.2. The minimum absolute atomic E-state index is 0.183. The maximum absolute atomic E-state index is 11.2. The molecule has 1 amide bonds. The molecule has 0 spiro atoms. The second-order valence-electron chi connectivity index (χ2n) is 4.16. The Balaban J connectivity index is 1.84. The number of carbonyl (C=O) groups is 1. The van der Waals surface area contributed by atoms with E-state index in [1.165, 1.54) is 0 Å². The van der Waals surface area contributed by atoms with Gasteiger partial charge in [0.15, 0.2) is 0 Å². The van der Waals surface area contributed by atoms with Crippen LogP contribution in [0.3, 0.4) is 0 Å². The minimum atomic E-state index is 0.183. The smallest absolute Gasteiger partial charge is 0.219 e. The molecule has 1 saturated heterocycles. The van der Waals surface area contributed by atoms with Gasteiger partial charge in [-0.25, -0.2) is 0 Å². The van der Waals surface area contributed by atoms with E-state index in [1.807, 2.05) is 17.0 Å². The number of likely N-dealkylation sites (tertiary alicyclic amines) is 1. The molecule has 2 heterocycles. The van der Waals surface area contributed by atoms with Crippen molar-refractivity contribution in [1.29, 1.82) is 0 Å². The first-order valence-corrected chi connectivity index (χ1v) is 5.68. The molecule has 4 nitrogen and oxygen atoms in total. The summed E-state index contributed by atoms with van der Waals surface area (Å²) in [5.41, 5.74) is 1.11. The van der Waals surface area contributed by atoms with E-state index in [-0.39, 0.29) is 5.91 Å². The maximum Gasteiger partial charge on any atom is 0.219 e. The fraction of sp³-hybridized carbons (Fsp3) is 0.500. The monoisotopic (exact) mass is 219 g/mol. The summed E-state index contributed by atoms with van der Waals surface area (Å²) >= 11 is 0. The van der Waals surface area contributed by atoms with Crippen LogP contribution in [0.1, 0.15) is 19.8 Å². The lowest BCUT2D eigenvalue weighted by Crippen LogP contribution is -2.41. The summed E-state index contributed by atoms with van der Waals surface area (Å²) in [5.74, 6) is 0.183. The summed E-state index contributed by atoms with van der Waals surface area (Å²) in [5, 5.41) is 3.46. The van der Waals surface area contributed by atoms with Crippen molar-refractivity contribution in [2.75, 3.05) is 18.4 Å². The van der Waals surface area contributed by atoms with Gasteiger partial charge < -0.3 is 10.2 Å². The van der Waals surface area contributed by atoms with Gasteiger partial charge >= 0.3 is 0 Å². The highest BCUT2D eigenvalue weighted by molar-refractivity contribution is 5.73. The number of nitrogens with zero attached hydrogens (tertiary/aromatic N) is 2. The fourth-order valence-electron chi connectivity index (χ4n) is 2.02. The van der Waals surface area contributed by atoms with Gasteiger partial charge in [0.1, 0.15) is 0 Å². The van der Waals surface area contributed by atoms with E-state index in [0.29, 0.717) is 6.04 Å². The number of hydrogen-bond acceptors (Lipinski definition) is 3. The summed E-state index contributed by atoms with van der Waals surface area (Å²) in [4.78, 5) is 17.0. The van der Waals surface area contributed by atoms with Crippen LogP contribution in [0.4, 0.5) is 5.69 Å². The van der Waals surface area contributed by atoms with Gasteiger partial charge in [0, 0.05) is 44.1 Å². The molecule has 1 fully saturated rings. The Morgan fingerprint density at radius 1 is 1.38 bits per heavy atom. The number of aromatic nitrogens is 1. The van der Waals surface area contributed by atoms with Crippen molar-refractivity contribution < 1.29 is 4.79 Å². The first-order valence-electron chi connectivity index (χ1n) is 5.68. The van der Waals surface area contributed by atoms with Crippen LogP contribution in [0.25, 0.3) is 0 Å². The summed E-state index contributed by atoms with van der Waals surface area (Å²) < 4.78 is 0. The van der Waals surface area contributed by atoms with E-state index in [2.05, 4.69) is 10.3 Å². The van der Waals surface area contributed by atoms with Crippen molar-refractivity contribution in [2.45, 2.75) is 25.8 Å². The molecule has 0 atom stereocenters. The van der Waals surface area contributed by atoms with Crippen LogP contribution in [0, 0.1) is 0 Å². The van der Waals surface area contributed by atoms with Gasteiger partial charge in [-0.2, -0.15) is 0 Å². The van der Waals surface area contributed by atoms with Gasteiger partial charge in [-0.3, -0.25) is 9.78 Å². The molecule has 0 bridgehead atoms. The molecule has 0 radical (unpaired) electrons. The van der Waals surface area contributed by atoms with Gasteiger partial charge in [0.05, 0.1) is 0 Å². The van der Waals surface area contributed by atoms with Crippen LogP contribution >= 0.6 is 0 Å². The number of anilines is 1. The summed E-state index contributed by atoms with van der Waals surface area (Å²) in [6.45, 7) is 3.35. The van der Waals surface area contributed by atoms with Gasteiger partial charge in [0.25, 0.3) is 0 Å². The highest BCUT2D eigenvalue weighted by Gasteiger charge is 2.20. The average molecular weight is 219 g/mol. The zero-order valence-corrected chi connectivity index (χ0v) is 9.52. The zero-order chi connectivity index (χ0) is 11.4. The number of pyridine rings is 1. The van der Waals surface area contributed by atoms with Crippen LogP contribution in [-0.4, -0.2) is 34.9 Å². The van der Waals surface area contributed by atoms with Crippen molar-refractivity contribution in [3.63, 3.8) is 0 Å². The summed E-state index contributed by atoms with van der Waals surface area (Å²) in [6.07, 6.45) is 5.60. The van der Waals surface area contributed by atoms with Gasteiger partial charge in [-0.05, 0) is 25.0 Å². The minimum Gasteiger partial charge on any atom is -0.382 e. The van der Waals surface area contributed by atoms with Crippen LogP contribution in [0.2, 0.25) is 0 Å².